The molecule has 5 rings (SSSR count). The SMILES string of the molecule is Cc1ccn(-c2cccc3c2CCC3)c(=O)c1C(=O)N1CCOC2C[C@H](CO)C[C@@H]21. The van der Waals surface area contributed by atoms with Gasteiger partial charge in [0.2, 0.25) is 0 Å². The first-order chi connectivity index (χ1) is 14.6. The Labute approximate surface area is 176 Å². The van der Waals surface area contributed by atoms with Gasteiger partial charge in [-0.2, -0.15) is 0 Å². The van der Waals surface area contributed by atoms with Crippen LogP contribution in [-0.4, -0.2) is 52.4 Å². The number of hydrogen-bond acceptors (Lipinski definition) is 4. The number of aliphatic hydroxyl groups excluding tert-OH is 1. The van der Waals surface area contributed by atoms with E-state index >= 15 is 0 Å². The Bertz CT molecular complexity index is 1040. The molecule has 2 aliphatic carbocycles. The lowest BCUT2D eigenvalue weighted by Crippen LogP contribution is -2.52. The highest BCUT2D eigenvalue weighted by Gasteiger charge is 2.43. The topological polar surface area (TPSA) is 71.8 Å². The normalized spacial score (nSPS) is 25.3. The third kappa shape index (κ3) is 3.10. The summed E-state index contributed by atoms with van der Waals surface area (Å²) in [7, 11) is 0. The van der Waals surface area contributed by atoms with E-state index in [1.165, 1.54) is 11.1 Å². The second kappa shape index (κ2) is 7.67. The van der Waals surface area contributed by atoms with Gasteiger partial charge in [0.15, 0.2) is 0 Å². The van der Waals surface area contributed by atoms with Crippen molar-refractivity contribution in [2.45, 2.75) is 51.2 Å². The Kier molecular flexibility index (Phi) is 4.99. The average Bonchev–Trinajstić information content (AvgIpc) is 3.40. The molecule has 3 aliphatic rings. The van der Waals surface area contributed by atoms with Gasteiger partial charge < -0.3 is 14.7 Å². The van der Waals surface area contributed by atoms with Crippen LogP contribution in [0.4, 0.5) is 0 Å². The molecule has 30 heavy (non-hydrogen) atoms. The van der Waals surface area contributed by atoms with Crippen LogP contribution >= 0.6 is 0 Å². The van der Waals surface area contributed by atoms with Gasteiger partial charge in [0, 0.05) is 19.3 Å². The molecule has 1 amide bonds. The van der Waals surface area contributed by atoms with E-state index in [4.69, 9.17) is 4.74 Å². The molecule has 158 valence electrons. The van der Waals surface area contributed by atoms with Crippen molar-refractivity contribution >= 4 is 5.91 Å². The quantitative estimate of drug-likeness (QED) is 0.846. The molecule has 3 atom stereocenters. The molecule has 1 saturated heterocycles. The highest BCUT2D eigenvalue weighted by atomic mass is 16.5. The van der Waals surface area contributed by atoms with Gasteiger partial charge in [0.05, 0.1) is 24.4 Å². The Balaban J connectivity index is 1.54. The summed E-state index contributed by atoms with van der Waals surface area (Å²) in [6.07, 6.45) is 6.33. The monoisotopic (exact) mass is 408 g/mol. The lowest BCUT2D eigenvalue weighted by atomic mass is 10.0. The molecule has 1 aromatic heterocycles. The maximum Gasteiger partial charge on any atom is 0.268 e. The number of benzene rings is 1. The minimum Gasteiger partial charge on any atom is -0.396 e. The third-order valence-corrected chi connectivity index (χ3v) is 7.05. The van der Waals surface area contributed by atoms with Gasteiger partial charge in [-0.1, -0.05) is 12.1 Å². The van der Waals surface area contributed by atoms with Crippen molar-refractivity contribution in [1.82, 2.24) is 9.47 Å². The number of aryl methyl sites for hydroxylation is 2. The van der Waals surface area contributed by atoms with Crippen LogP contribution in [-0.2, 0) is 17.6 Å². The summed E-state index contributed by atoms with van der Waals surface area (Å²) in [6.45, 7) is 2.89. The number of aromatic nitrogens is 1. The molecule has 0 spiro atoms. The van der Waals surface area contributed by atoms with Crippen molar-refractivity contribution in [3.05, 3.63) is 63.1 Å². The van der Waals surface area contributed by atoms with Gasteiger partial charge >= 0.3 is 0 Å². The van der Waals surface area contributed by atoms with E-state index in [0.717, 1.165) is 37.8 Å². The fourth-order valence-electron chi connectivity index (χ4n) is 5.50. The Morgan fingerprint density at radius 1 is 1.23 bits per heavy atom. The molecule has 0 radical (unpaired) electrons. The molecule has 1 unspecified atom stereocenters. The molecule has 2 fully saturated rings. The highest BCUT2D eigenvalue weighted by molar-refractivity contribution is 5.95. The molecular weight excluding hydrogens is 380 g/mol. The molecule has 6 heteroatoms. The number of pyridine rings is 1. The molecule has 1 aromatic carbocycles. The van der Waals surface area contributed by atoms with Gasteiger partial charge in [0.1, 0.15) is 5.56 Å². The second-order valence-corrected chi connectivity index (χ2v) is 8.81. The van der Waals surface area contributed by atoms with Crippen molar-refractivity contribution in [2.75, 3.05) is 19.8 Å². The summed E-state index contributed by atoms with van der Waals surface area (Å²) in [6, 6.07) is 7.89. The number of hydrogen-bond donors (Lipinski definition) is 1. The van der Waals surface area contributed by atoms with Gasteiger partial charge in [-0.3, -0.25) is 14.2 Å². The summed E-state index contributed by atoms with van der Waals surface area (Å²) in [5.41, 5.74) is 4.11. The maximum atomic E-state index is 13.6. The van der Waals surface area contributed by atoms with Crippen LogP contribution < -0.4 is 5.56 Å². The van der Waals surface area contributed by atoms with E-state index in [-0.39, 0.29) is 41.7 Å². The molecule has 0 bridgehead atoms. The Morgan fingerprint density at radius 3 is 2.93 bits per heavy atom. The lowest BCUT2D eigenvalue weighted by molar-refractivity contribution is -0.0449. The fraction of sp³-hybridized carbons (Fsp3) is 0.500. The summed E-state index contributed by atoms with van der Waals surface area (Å²) in [5, 5.41) is 9.57. The number of amides is 1. The first-order valence-electron chi connectivity index (χ1n) is 11.0. The zero-order valence-corrected chi connectivity index (χ0v) is 17.3. The number of rotatable bonds is 3. The molecule has 2 heterocycles. The number of carbonyl (C=O) groups is 1. The largest absolute Gasteiger partial charge is 0.396 e. The van der Waals surface area contributed by atoms with E-state index in [2.05, 4.69) is 6.07 Å². The predicted molar refractivity (Wildman–Crippen MR) is 113 cm³/mol. The van der Waals surface area contributed by atoms with Crippen LogP contribution in [0.2, 0.25) is 0 Å². The summed E-state index contributed by atoms with van der Waals surface area (Å²) in [5.74, 6) is -0.0647. The average molecular weight is 408 g/mol. The number of nitrogens with zero attached hydrogens (tertiary/aromatic N) is 2. The minimum atomic E-state index is -0.250. The summed E-state index contributed by atoms with van der Waals surface area (Å²) in [4.78, 5) is 28.9. The van der Waals surface area contributed by atoms with E-state index in [0.29, 0.717) is 18.7 Å². The number of fused-ring (bicyclic) bond motifs is 2. The molecule has 2 aromatic rings. The summed E-state index contributed by atoms with van der Waals surface area (Å²) < 4.78 is 7.51. The van der Waals surface area contributed by atoms with E-state index in [9.17, 15) is 14.7 Å². The van der Waals surface area contributed by atoms with Crippen LogP contribution in [0.15, 0.2) is 35.3 Å². The van der Waals surface area contributed by atoms with Gasteiger partial charge in [-0.25, -0.2) is 0 Å². The maximum absolute atomic E-state index is 13.6. The lowest BCUT2D eigenvalue weighted by Gasteiger charge is -2.37. The molecule has 1 N–H and O–H groups in total. The zero-order chi connectivity index (χ0) is 20.8. The molecule has 6 nitrogen and oxygen atoms in total. The first kappa shape index (κ1) is 19.5. The predicted octanol–water partition coefficient (Wildman–Crippen LogP) is 2.25. The van der Waals surface area contributed by atoms with E-state index < -0.39 is 0 Å². The van der Waals surface area contributed by atoms with Crippen molar-refractivity contribution in [3.63, 3.8) is 0 Å². The van der Waals surface area contributed by atoms with Crippen LogP contribution in [0.25, 0.3) is 5.69 Å². The van der Waals surface area contributed by atoms with Crippen molar-refractivity contribution in [2.24, 2.45) is 5.92 Å². The molecular formula is C24H28N2O4. The zero-order valence-electron chi connectivity index (χ0n) is 17.3. The number of ether oxygens (including phenoxy) is 1. The van der Waals surface area contributed by atoms with Crippen molar-refractivity contribution < 1.29 is 14.6 Å². The number of carbonyl (C=O) groups excluding carboxylic acids is 1. The van der Waals surface area contributed by atoms with Crippen molar-refractivity contribution in [1.29, 1.82) is 0 Å². The van der Waals surface area contributed by atoms with Crippen LogP contribution in [0.5, 0.6) is 0 Å². The van der Waals surface area contributed by atoms with Crippen molar-refractivity contribution in [3.8, 4) is 5.69 Å². The van der Waals surface area contributed by atoms with Crippen LogP contribution in [0, 0.1) is 12.8 Å². The second-order valence-electron chi connectivity index (χ2n) is 8.81. The highest BCUT2D eigenvalue weighted by Crippen LogP contribution is 2.35. The standard InChI is InChI=1S/C24H28N2O4/c1-15-8-9-25(19-7-3-5-17-4-2-6-18(17)19)23(28)22(15)24(29)26-10-11-30-21-13-16(14-27)12-20(21)26/h3,5,7-9,16,20-21,27H,2,4,6,10-14H2,1H3/t16-,20+,21?/m1/s1. The van der Waals surface area contributed by atoms with E-state index in [1.807, 2.05) is 30.0 Å². The number of aliphatic hydroxyl groups is 1. The number of morpholine rings is 1. The minimum absolute atomic E-state index is 0.0523. The molecule has 1 aliphatic heterocycles. The van der Waals surface area contributed by atoms with Crippen LogP contribution in [0.1, 0.15) is 46.3 Å². The first-order valence-corrected chi connectivity index (χ1v) is 11.0. The smallest absolute Gasteiger partial charge is 0.268 e. The van der Waals surface area contributed by atoms with Gasteiger partial charge in [-0.05, 0) is 73.8 Å². The summed E-state index contributed by atoms with van der Waals surface area (Å²) >= 11 is 0. The van der Waals surface area contributed by atoms with Gasteiger partial charge in [-0.15, -0.1) is 0 Å². The Morgan fingerprint density at radius 2 is 2.10 bits per heavy atom. The molecule has 1 saturated carbocycles. The third-order valence-electron chi connectivity index (χ3n) is 7.05. The van der Waals surface area contributed by atoms with Crippen LogP contribution in [0.3, 0.4) is 0 Å². The van der Waals surface area contributed by atoms with Gasteiger partial charge in [0.25, 0.3) is 11.5 Å². The Hall–Kier alpha value is -2.44. The van der Waals surface area contributed by atoms with E-state index in [1.54, 1.807) is 10.8 Å². The fourth-order valence-corrected chi connectivity index (χ4v) is 5.50.